The molecule has 0 aliphatic heterocycles. The first-order chi connectivity index (χ1) is 6.70. The maximum absolute atomic E-state index is 10.8. The first-order valence-corrected chi connectivity index (χ1v) is 4.37. The van der Waals surface area contributed by atoms with Crippen LogP contribution in [0, 0.1) is 0 Å². The van der Waals surface area contributed by atoms with Crippen molar-refractivity contribution in [1.29, 1.82) is 0 Å². The zero-order chi connectivity index (χ0) is 10.8. The summed E-state index contributed by atoms with van der Waals surface area (Å²) in [7, 11) is 0. The third kappa shape index (κ3) is 7.51. The Kier molecular flexibility index (Phi) is 7.77. The van der Waals surface area contributed by atoms with Crippen LogP contribution in [0.2, 0.25) is 0 Å². The molecule has 0 saturated heterocycles. The Bertz CT molecular complexity index is 179. The highest BCUT2D eigenvalue weighted by Gasteiger charge is 2.05. The van der Waals surface area contributed by atoms with Gasteiger partial charge in [-0.05, 0) is 19.8 Å². The highest BCUT2D eigenvalue weighted by Crippen LogP contribution is 2.02. The molecular weight excluding hydrogens is 192 g/mol. The van der Waals surface area contributed by atoms with E-state index in [1.54, 1.807) is 6.92 Å². The molecule has 0 heterocycles. The van der Waals surface area contributed by atoms with Crippen LogP contribution in [0.1, 0.15) is 32.6 Å². The summed E-state index contributed by atoms with van der Waals surface area (Å²) in [5, 5.41) is 7.90. The van der Waals surface area contributed by atoms with Crippen LogP contribution in [0.4, 0.5) is 0 Å². The van der Waals surface area contributed by atoms with E-state index in [9.17, 15) is 9.59 Å². The van der Waals surface area contributed by atoms with Crippen LogP contribution in [0.25, 0.3) is 0 Å². The van der Waals surface area contributed by atoms with Gasteiger partial charge in [-0.3, -0.25) is 4.89 Å². The van der Waals surface area contributed by atoms with E-state index >= 15 is 0 Å². The summed E-state index contributed by atoms with van der Waals surface area (Å²) in [6.07, 6.45) is 1.21. The van der Waals surface area contributed by atoms with Crippen LogP contribution in [-0.2, 0) is 24.3 Å². The van der Waals surface area contributed by atoms with Crippen LogP contribution >= 0.6 is 0 Å². The van der Waals surface area contributed by atoms with Gasteiger partial charge in [-0.25, -0.2) is 9.59 Å². The summed E-state index contributed by atoms with van der Waals surface area (Å²) in [5.74, 6) is -1.17. The van der Waals surface area contributed by atoms with Gasteiger partial charge in [0.1, 0.15) is 0 Å². The molecule has 0 saturated carbocycles. The van der Waals surface area contributed by atoms with Crippen molar-refractivity contribution in [3.05, 3.63) is 0 Å². The van der Waals surface area contributed by atoms with Gasteiger partial charge in [0.05, 0.1) is 6.61 Å². The van der Waals surface area contributed by atoms with E-state index < -0.39 is 11.9 Å². The Balaban J connectivity index is 3.27. The minimum Gasteiger partial charge on any atom is -0.301 e. The molecule has 0 atom stereocenters. The Morgan fingerprint density at radius 2 is 1.71 bits per heavy atom. The average Bonchev–Trinajstić information content (AvgIpc) is 2.21. The molecule has 82 valence electrons. The van der Waals surface area contributed by atoms with Gasteiger partial charge in [-0.15, -0.1) is 0 Å². The molecule has 0 fully saturated rings. The predicted molar refractivity (Wildman–Crippen MR) is 44.9 cm³/mol. The molecule has 0 aliphatic carbocycles. The zero-order valence-corrected chi connectivity index (χ0v) is 8.02. The van der Waals surface area contributed by atoms with Crippen LogP contribution in [-0.4, -0.2) is 23.8 Å². The lowest BCUT2D eigenvalue weighted by atomic mass is 10.2. The minimum absolute atomic E-state index is 0.0818. The summed E-state index contributed by atoms with van der Waals surface area (Å²) >= 11 is 0. The maximum atomic E-state index is 10.8. The number of hydrogen-bond donors (Lipinski definition) is 1. The Hall–Kier alpha value is -1.14. The van der Waals surface area contributed by atoms with Crippen molar-refractivity contribution in [2.75, 3.05) is 6.61 Å². The first kappa shape index (κ1) is 12.9. The van der Waals surface area contributed by atoms with E-state index in [0.29, 0.717) is 19.4 Å². The number of carbonyl (C=O) groups is 2. The van der Waals surface area contributed by atoms with Gasteiger partial charge in [0.15, 0.2) is 0 Å². The van der Waals surface area contributed by atoms with E-state index in [0.717, 1.165) is 0 Å². The first-order valence-electron chi connectivity index (χ1n) is 4.37. The standard InChI is InChI=1S/C8H14O6/c1-2-12-14-8(10)6-4-3-5-7(9)13-11/h11H,2-6H2,1H3. The fourth-order valence-corrected chi connectivity index (χ4v) is 0.751. The summed E-state index contributed by atoms with van der Waals surface area (Å²) in [4.78, 5) is 33.4. The molecule has 0 aliphatic rings. The third-order valence-corrected chi connectivity index (χ3v) is 1.38. The summed E-state index contributed by atoms with van der Waals surface area (Å²) < 4.78 is 0. The fraction of sp³-hybridized carbons (Fsp3) is 0.750. The number of carbonyl (C=O) groups excluding carboxylic acids is 2. The number of hydrogen-bond acceptors (Lipinski definition) is 6. The van der Waals surface area contributed by atoms with Gasteiger partial charge in [0.2, 0.25) is 0 Å². The van der Waals surface area contributed by atoms with Crippen LogP contribution in [0.5, 0.6) is 0 Å². The molecule has 0 spiro atoms. The molecule has 0 amide bonds. The highest BCUT2D eigenvalue weighted by atomic mass is 17.2. The van der Waals surface area contributed by atoms with Gasteiger partial charge in [0, 0.05) is 12.8 Å². The van der Waals surface area contributed by atoms with Gasteiger partial charge >= 0.3 is 11.9 Å². The lowest BCUT2D eigenvalue weighted by molar-refractivity contribution is -0.269. The van der Waals surface area contributed by atoms with Crippen LogP contribution in [0.15, 0.2) is 0 Å². The second-order valence-electron chi connectivity index (χ2n) is 2.53. The van der Waals surface area contributed by atoms with Crippen LogP contribution < -0.4 is 0 Å². The lowest BCUT2D eigenvalue weighted by Gasteiger charge is -2.00. The molecule has 14 heavy (non-hydrogen) atoms. The van der Waals surface area contributed by atoms with Gasteiger partial charge in [0.25, 0.3) is 0 Å². The molecular formula is C8H14O6. The van der Waals surface area contributed by atoms with Crippen molar-refractivity contribution < 1.29 is 29.5 Å². The van der Waals surface area contributed by atoms with Crippen molar-refractivity contribution in [1.82, 2.24) is 0 Å². The molecule has 0 unspecified atom stereocenters. The van der Waals surface area contributed by atoms with Crippen molar-refractivity contribution in [3.63, 3.8) is 0 Å². The van der Waals surface area contributed by atoms with E-state index in [4.69, 9.17) is 5.26 Å². The van der Waals surface area contributed by atoms with E-state index in [-0.39, 0.29) is 12.8 Å². The van der Waals surface area contributed by atoms with E-state index in [1.807, 2.05) is 0 Å². The van der Waals surface area contributed by atoms with Crippen LogP contribution in [0.3, 0.4) is 0 Å². The predicted octanol–water partition coefficient (Wildman–Crippen LogP) is 1.06. The summed E-state index contributed by atoms with van der Waals surface area (Å²) in [5.41, 5.74) is 0. The van der Waals surface area contributed by atoms with Gasteiger partial charge < -0.3 is 4.89 Å². The monoisotopic (exact) mass is 206 g/mol. The second-order valence-corrected chi connectivity index (χ2v) is 2.53. The normalized spacial score (nSPS) is 9.57. The second kappa shape index (κ2) is 8.46. The SMILES string of the molecule is CCOOC(=O)CCCCC(=O)OO. The van der Waals surface area contributed by atoms with E-state index in [1.165, 1.54) is 0 Å². The Morgan fingerprint density at radius 1 is 1.14 bits per heavy atom. The summed E-state index contributed by atoms with van der Waals surface area (Å²) in [6, 6.07) is 0. The maximum Gasteiger partial charge on any atom is 0.342 e. The van der Waals surface area contributed by atoms with Gasteiger partial charge in [-0.1, -0.05) is 0 Å². The topological polar surface area (TPSA) is 82.1 Å². The lowest BCUT2D eigenvalue weighted by Crippen LogP contribution is -2.06. The fourth-order valence-electron chi connectivity index (χ4n) is 0.751. The number of rotatable bonds is 7. The summed E-state index contributed by atoms with van der Waals surface area (Å²) in [6.45, 7) is 2.01. The van der Waals surface area contributed by atoms with E-state index in [2.05, 4.69) is 14.7 Å². The zero-order valence-electron chi connectivity index (χ0n) is 8.02. The molecule has 6 heteroatoms. The minimum atomic E-state index is -0.705. The Labute approximate surface area is 81.6 Å². The molecule has 0 aromatic heterocycles. The molecule has 0 bridgehead atoms. The largest absolute Gasteiger partial charge is 0.342 e. The van der Waals surface area contributed by atoms with Crippen molar-refractivity contribution in [3.8, 4) is 0 Å². The van der Waals surface area contributed by atoms with Crippen molar-refractivity contribution in [2.24, 2.45) is 0 Å². The Morgan fingerprint density at radius 3 is 2.21 bits per heavy atom. The quantitative estimate of drug-likeness (QED) is 0.381. The molecule has 0 aromatic carbocycles. The molecule has 0 aromatic rings. The van der Waals surface area contributed by atoms with Crippen molar-refractivity contribution in [2.45, 2.75) is 32.6 Å². The van der Waals surface area contributed by atoms with Gasteiger partial charge in [-0.2, -0.15) is 10.1 Å². The smallest absolute Gasteiger partial charge is 0.301 e. The highest BCUT2D eigenvalue weighted by molar-refractivity contribution is 5.69. The number of unbranched alkanes of at least 4 members (excludes halogenated alkanes) is 1. The molecule has 1 N–H and O–H groups in total. The average molecular weight is 206 g/mol. The molecule has 6 nitrogen and oxygen atoms in total. The molecule has 0 radical (unpaired) electrons. The van der Waals surface area contributed by atoms with Crippen molar-refractivity contribution >= 4 is 11.9 Å². The molecule has 0 rings (SSSR count). The third-order valence-electron chi connectivity index (χ3n) is 1.38.